The zero-order valence-electron chi connectivity index (χ0n) is 18.5. The molecule has 2 heterocycles. The Bertz CT molecular complexity index is 1080. The molecule has 3 rings (SSSR count). The van der Waals surface area contributed by atoms with Gasteiger partial charge in [-0.25, -0.2) is 13.2 Å². The zero-order valence-corrected chi connectivity index (χ0v) is 19.3. The van der Waals surface area contributed by atoms with Gasteiger partial charge in [-0.05, 0) is 37.5 Å². The first-order valence-electron chi connectivity index (χ1n) is 10.4. The second kappa shape index (κ2) is 10.1. The van der Waals surface area contributed by atoms with Crippen molar-refractivity contribution in [1.29, 1.82) is 0 Å². The van der Waals surface area contributed by atoms with Gasteiger partial charge in [0.05, 0.1) is 13.7 Å². The number of sulfonamides is 1. The lowest BCUT2D eigenvalue weighted by Crippen LogP contribution is -2.42. The Kier molecular flexibility index (Phi) is 7.52. The second-order valence-electron chi connectivity index (χ2n) is 7.80. The number of carbonyl (C=O) groups excluding carboxylic acids is 2. The summed E-state index contributed by atoms with van der Waals surface area (Å²) in [5, 5.41) is 1.22. The molecule has 1 amide bonds. The number of methoxy groups -OCH3 is 1. The van der Waals surface area contributed by atoms with Crippen molar-refractivity contribution >= 4 is 28.0 Å². The molecule has 0 bridgehead atoms. The van der Waals surface area contributed by atoms with Crippen molar-refractivity contribution in [3.05, 3.63) is 64.5 Å². The topological polar surface area (TPSA) is 97.1 Å². The minimum Gasteiger partial charge on any atom is -0.465 e. The fraction of sp³-hybridized carbons (Fsp3) is 0.391. The van der Waals surface area contributed by atoms with Gasteiger partial charge in [0.1, 0.15) is 17.1 Å². The molecule has 0 aliphatic carbocycles. The summed E-state index contributed by atoms with van der Waals surface area (Å²) in [7, 11) is -0.573. The number of amides is 1. The van der Waals surface area contributed by atoms with Gasteiger partial charge < -0.3 is 14.1 Å². The normalized spacial score (nSPS) is 15.7. The molecule has 8 nitrogen and oxygen atoms in total. The van der Waals surface area contributed by atoms with Gasteiger partial charge in [0, 0.05) is 31.5 Å². The lowest BCUT2D eigenvalue weighted by Gasteiger charge is -2.31. The summed E-state index contributed by atoms with van der Waals surface area (Å²) < 4.78 is 36.9. The molecule has 1 saturated heterocycles. The lowest BCUT2D eigenvalue weighted by atomic mass is 9.96. The summed E-state index contributed by atoms with van der Waals surface area (Å²) in [6, 6.07) is 10.8. The Hall–Kier alpha value is -2.91. The number of esters is 1. The van der Waals surface area contributed by atoms with Crippen LogP contribution in [-0.4, -0.2) is 56.7 Å². The van der Waals surface area contributed by atoms with Crippen molar-refractivity contribution in [3.8, 4) is 0 Å². The Labute approximate surface area is 188 Å². The van der Waals surface area contributed by atoms with E-state index in [4.69, 9.17) is 9.15 Å². The molecular formula is C23H28N2O6S. The monoisotopic (exact) mass is 460 g/mol. The molecule has 9 heteroatoms. The number of aryl methyl sites for hydroxylation is 1. The minimum absolute atomic E-state index is 0.0736. The van der Waals surface area contributed by atoms with E-state index in [9.17, 15) is 18.0 Å². The van der Waals surface area contributed by atoms with Gasteiger partial charge in [-0.15, -0.1) is 0 Å². The molecule has 0 atom stereocenters. The van der Waals surface area contributed by atoms with Crippen LogP contribution in [0.4, 0.5) is 0 Å². The first-order chi connectivity index (χ1) is 15.2. The van der Waals surface area contributed by atoms with Gasteiger partial charge in [-0.1, -0.05) is 30.3 Å². The summed E-state index contributed by atoms with van der Waals surface area (Å²) in [4.78, 5) is 26.1. The number of ether oxygens (including phenoxy) is 1. The molecule has 0 spiro atoms. The van der Waals surface area contributed by atoms with E-state index in [2.05, 4.69) is 0 Å². The standard InChI is InChI=1S/C23H28N2O6S/c1-17-21(23(27)30-3)15-20(31-17)16-24(2)22(26)19-9-12-25(13-10-19)32(28,29)14-11-18-7-5-4-6-8-18/h4-8,11,14-15,19H,9-10,12-13,16H2,1-3H3/b14-11+. The van der Waals surface area contributed by atoms with Crippen LogP contribution in [0.1, 0.15) is 40.3 Å². The predicted molar refractivity (Wildman–Crippen MR) is 120 cm³/mol. The number of hydrogen-bond donors (Lipinski definition) is 0. The summed E-state index contributed by atoms with van der Waals surface area (Å²) in [5.41, 5.74) is 1.15. The highest BCUT2D eigenvalue weighted by molar-refractivity contribution is 7.92. The molecule has 0 saturated carbocycles. The molecule has 1 aromatic heterocycles. The first kappa shape index (κ1) is 23.7. The van der Waals surface area contributed by atoms with Crippen LogP contribution in [0.3, 0.4) is 0 Å². The Morgan fingerprint density at radius 2 is 1.88 bits per heavy atom. The Balaban J connectivity index is 1.55. The molecular weight excluding hydrogens is 432 g/mol. The third kappa shape index (κ3) is 5.66. The average molecular weight is 461 g/mol. The van der Waals surface area contributed by atoms with Gasteiger partial charge in [-0.3, -0.25) is 4.79 Å². The van der Waals surface area contributed by atoms with Crippen LogP contribution < -0.4 is 0 Å². The number of furan rings is 1. The van der Waals surface area contributed by atoms with E-state index in [-0.39, 0.29) is 31.5 Å². The van der Waals surface area contributed by atoms with Crippen molar-refractivity contribution in [2.45, 2.75) is 26.3 Å². The lowest BCUT2D eigenvalue weighted by molar-refractivity contribution is -0.136. The van der Waals surface area contributed by atoms with E-state index >= 15 is 0 Å². The number of benzene rings is 1. The third-order valence-corrected chi connectivity index (χ3v) is 7.10. The highest BCUT2D eigenvalue weighted by Crippen LogP contribution is 2.24. The molecule has 172 valence electrons. The van der Waals surface area contributed by atoms with Crippen LogP contribution in [0.5, 0.6) is 0 Å². The Morgan fingerprint density at radius 3 is 2.50 bits per heavy atom. The minimum atomic E-state index is -3.54. The molecule has 1 aromatic carbocycles. The van der Waals surface area contributed by atoms with Gasteiger partial charge in [-0.2, -0.15) is 4.31 Å². The second-order valence-corrected chi connectivity index (χ2v) is 9.62. The number of piperidine rings is 1. The van der Waals surface area contributed by atoms with Crippen molar-refractivity contribution in [1.82, 2.24) is 9.21 Å². The molecule has 1 aliphatic heterocycles. The quantitative estimate of drug-likeness (QED) is 0.589. The average Bonchev–Trinajstić information content (AvgIpc) is 3.17. The van der Waals surface area contributed by atoms with Gasteiger partial charge >= 0.3 is 5.97 Å². The fourth-order valence-electron chi connectivity index (χ4n) is 3.73. The summed E-state index contributed by atoms with van der Waals surface area (Å²) in [6.45, 7) is 2.46. The van der Waals surface area contributed by atoms with Gasteiger partial charge in [0.15, 0.2) is 0 Å². The number of nitrogens with zero attached hydrogens (tertiary/aromatic N) is 2. The van der Waals surface area contributed by atoms with E-state index in [1.165, 1.54) is 16.8 Å². The molecule has 0 N–H and O–H groups in total. The maximum absolute atomic E-state index is 12.9. The third-order valence-electron chi connectivity index (χ3n) is 5.54. The summed E-state index contributed by atoms with van der Waals surface area (Å²) in [5.74, 6) is 0.109. The largest absolute Gasteiger partial charge is 0.465 e. The Morgan fingerprint density at radius 1 is 1.22 bits per heavy atom. The molecule has 1 fully saturated rings. The van der Waals surface area contributed by atoms with E-state index in [1.54, 1.807) is 31.0 Å². The van der Waals surface area contributed by atoms with Gasteiger partial charge in [0.25, 0.3) is 0 Å². The fourth-order valence-corrected chi connectivity index (χ4v) is 4.95. The van der Waals surface area contributed by atoms with Crippen molar-refractivity contribution in [2.24, 2.45) is 5.92 Å². The molecule has 32 heavy (non-hydrogen) atoms. The molecule has 1 aliphatic rings. The van der Waals surface area contributed by atoms with E-state index in [0.717, 1.165) is 5.56 Å². The highest BCUT2D eigenvalue weighted by Gasteiger charge is 2.31. The maximum Gasteiger partial charge on any atom is 0.341 e. The smallest absolute Gasteiger partial charge is 0.341 e. The zero-order chi connectivity index (χ0) is 23.3. The maximum atomic E-state index is 12.9. The first-order valence-corrected chi connectivity index (χ1v) is 11.9. The van der Waals surface area contributed by atoms with Crippen LogP contribution in [0.15, 0.2) is 46.2 Å². The molecule has 0 unspecified atom stereocenters. The van der Waals surface area contributed by atoms with E-state index in [1.807, 2.05) is 30.3 Å². The summed E-state index contributed by atoms with van der Waals surface area (Å²) in [6.07, 6.45) is 2.48. The van der Waals surface area contributed by atoms with Crippen molar-refractivity contribution < 1.29 is 27.2 Å². The van der Waals surface area contributed by atoms with Crippen LogP contribution >= 0.6 is 0 Å². The van der Waals surface area contributed by atoms with Crippen molar-refractivity contribution in [2.75, 3.05) is 27.2 Å². The highest BCUT2D eigenvalue weighted by atomic mass is 32.2. The van der Waals surface area contributed by atoms with E-state index < -0.39 is 16.0 Å². The van der Waals surface area contributed by atoms with Crippen LogP contribution in [0, 0.1) is 12.8 Å². The number of carbonyl (C=O) groups is 2. The molecule has 2 aromatic rings. The van der Waals surface area contributed by atoms with Crippen molar-refractivity contribution in [3.63, 3.8) is 0 Å². The van der Waals surface area contributed by atoms with Crippen LogP contribution in [0.25, 0.3) is 6.08 Å². The number of rotatable bonds is 7. The van der Waals surface area contributed by atoms with Crippen LogP contribution in [-0.2, 0) is 26.1 Å². The predicted octanol–water partition coefficient (Wildman–Crippen LogP) is 3.05. The van der Waals surface area contributed by atoms with Crippen LogP contribution in [0.2, 0.25) is 0 Å². The number of hydrogen-bond acceptors (Lipinski definition) is 6. The van der Waals surface area contributed by atoms with E-state index in [0.29, 0.717) is 29.9 Å². The summed E-state index contributed by atoms with van der Waals surface area (Å²) >= 11 is 0. The molecule has 0 radical (unpaired) electrons. The SMILES string of the molecule is COC(=O)c1cc(CN(C)C(=O)C2CCN(S(=O)(=O)/C=C/c3ccccc3)CC2)oc1C. The van der Waals surface area contributed by atoms with Gasteiger partial charge in [0.2, 0.25) is 15.9 Å².